The van der Waals surface area contributed by atoms with Crippen molar-refractivity contribution < 1.29 is 13.9 Å². The summed E-state index contributed by atoms with van der Waals surface area (Å²) in [6.07, 6.45) is 1.77. The number of benzene rings is 2. The van der Waals surface area contributed by atoms with Crippen molar-refractivity contribution in [2.75, 3.05) is 18.9 Å². The number of aryl methyl sites for hydroxylation is 1. The summed E-state index contributed by atoms with van der Waals surface area (Å²) in [6.45, 7) is 6.95. The summed E-state index contributed by atoms with van der Waals surface area (Å²) in [7, 11) is 0. The van der Waals surface area contributed by atoms with Crippen LogP contribution in [0.1, 0.15) is 5.56 Å². The number of rotatable bonds is 10. The fraction of sp³-hybridized carbons (Fsp3) is 0.227. The first-order valence-corrected chi connectivity index (χ1v) is 10.4. The van der Waals surface area contributed by atoms with Crippen LogP contribution in [0.4, 0.5) is 4.39 Å². The lowest BCUT2D eigenvalue weighted by Crippen LogP contribution is -2.29. The van der Waals surface area contributed by atoms with E-state index in [1.54, 1.807) is 18.2 Å². The second kappa shape index (κ2) is 10.6. The molecular weight excluding hydrogens is 403 g/mol. The van der Waals surface area contributed by atoms with Gasteiger partial charge in [-0.25, -0.2) is 4.39 Å². The van der Waals surface area contributed by atoms with Gasteiger partial charge in [0.2, 0.25) is 5.91 Å². The summed E-state index contributed by atoms with van der Waals surface area (Å²) in [4.78, 5) is 12.1. The molecule has 2 aromatic carbocycles. The van der Waals surface area contributed by atoms with Gasteiger partial charge < -0.3 is 10.1 Å². The Balaban J connectivity index is 1.52. The highest BCUT2D eigenvalue weighted by atomic mass is 32.2. The number of carbonyl (C=O) groups is 1. The maximum absolute atomic E-state index is 13.1. The van der Waals surface area contributed by atoms with Gasteiger partial charge in [-0.1, -0.05) is 47.7 Å². The van der Waals surface area contributed by atoms with Crippen molar-refractivity contribution in [3.8, 4) is 17.1 Å². The van der Waals surface area contributed by atoms with Crippen molar-refractivity contribution >= 4 is 17.7 Å². The molecule has 1 heterocycles. The number of allylic oxidation sites excluding steroid dienone is 1. The molecule has 0 aliphatic carbocycles. The molecule has 1 aromatic heterocycles. The lowest BCUT2D eigenvalue weighted by Gasteiger charge is -2.09. The number of halogens is 1. The predicted molar refractivity (Wildman–Crippen MR) is 116 cm³/mol. The van der Waals surface area contributed by atoms with Gasteiger partial charge in [-0.15, -0.1) is 16.8 Å². The third kappa shape index (κ3) is 5.93. The van der Waals surface area contributed by atoms with Crippen LogP contribution in [0.5, 0.6) is 5.75 Å². The molecule has 3 rings (SSSR count). The predicted octanol–water partition coefficient (Wildman–Crippen LogP) is 3.87. The van der Waals surface area contributed by atoms with Crippen molar-refractivity contribution in [2.24, 2.45) is 0 Å². The van der Waals surface area contributed by atoms with E-state index in [1.807, 2.05) is 35.8 Å². The molecule has 0 saturated heterocycles. The molecule has 1 N–H and O–H groups in total. The van der Waals surface area contributed by atoms with Crippen LogP contribution in [0, 0.1) is 12.7 Å². The number of nitrogens with zero attached hydrogens (tertiary/aromatic N) is 3. The lowest BCUT2D eigenvalue weighted by molar-refractivity contribution is -0.118. The topological polar surface area (TPSA) is 69.0 Å². The number of nitrogens with one attached hydrogen (secondary N) is 1. The number of aromatic nitrogens is 3. The quantitative estimate of drug-likeness (QED) is 0.303. The van der Waals surface area contributed by atoms with Crippen molar-refractivity contribution in [3.63, 3.8) is 0 Å². The Labute approximate surface area is 179 Å². The SMILES string of the molecule is C=CCn1c(SCC(=O)NCCOc2cccc(F)c2)nnc1-c1cccc(C)c1. The molecule has 0 spiro atoms. The average Bonchev–Trinajstić information content (AvgIpc) is 3.13. The monoisotopic (exact) mass is 426 g/mol. The Hall–Kier alpha value is -3.13. The van der Waals surface area contributed by atoms with Crippen molar-refractivity contribution in [3.05, 3.63) is 72.6 Å². The number of ether oxygens (including phenoxy) is 1. The van der Waals surface area contributed by atoms with Gasteiger partial charge in [0.15, 0.2) is 11.0 Å². The summed E-state index contributed by atoms with van der Waals surface area (Å²) in [5.41, 5.74) is 2.10. The molecule has 6 nitrogen and oxygen atoms in total. The highest BCUT2D eigenvalue weighted by Crippen LogP contribution is 2.24. The van der Waals surface area contributed by atoms with Gasteiger partial charge in [0, 0.05) is 18.2 Å². The lowest BCUT2D eigenvalue weighted by atomic mass is 10.1. The first kappa shape index (κ1) is 21.6. The first-order valence-electron chi connectivity index (χ1n) is 9.46. The maximum atomic E-state index is 13.1. The maximum Gasteiger partial charge on any atom is 0.230 e. The fourth-order valence-electron chi connectivity index (χ4n) is 2.78. The van der Waals surface area contributed by atoms with E-state index in [-0.39, 0.29) is 24.1 Å². The number of hydrogen-bond acceptors (Lipinski definition) is 5. The van der Waals surface area contributed by atoms with E-state index in [9.17, 15) is 9.18 Å². The fourth-order valence-corrected chi connectivity index (χ4v) is 3.56. The average molecular weight is 427 g/mol. The van der Waals surface area contributed by atoms with E-state index in [2.05, 4.69) is 22.1 Å². The first-order chi connectivity index (χ1) is 14.6. The van der Waals surface area contributed by atoms with E-state index in [0.717, 1.165) is 17.0 Å². The van der Waals surface area contributed by atoms with Crippen molar-refractivity contribution in [2.45, 2.75) is 18.6 Å². The Morgan fingerprint density at radius 2 is 2.10 bits per heavy atom. The molecule has 0 aliphatic rings. The summed E-state index contributed by atoms with van der Waals surface area (Å²) in [5.74, 6) is 0.864. The van der Waals surface area contributed by atoms with Gasteiger partial charge >= 0.3 is 0 Å². The zero-order valence-electron chi connectivity index (χ0n) is 16.7. The highest BCUT2D eigenvalue weighted by molar-refractivity contribution is 7.99. The molecule has 0 aliphatic heterocycles. The van der Waals surface area contributed by atoms with Crippen LogP contribution in [0.2, 0.25) is 0 Å². The molecular formula is C22H23FN4O2S. The van der Waals surface area contributed by atoms with Gasteiger partial charge in [0.25, 0.3) is 0 Å². The summed E-state index contributed by atoms with van der Waals surface area (Å²) >= 11 is 1.31. The minimum Gasteiger partial charge on any atom is -0.492 e. The summed E-state index contributed by atoms with van der Waals surface area (Å²) < 4.78 is 20.5. The van der Waals surface area contributed by atoms with Gasteiger partial charge in [0.1, 0.15) is 18.2 Å². The van der Waals surface area contributed by atoms with E-state index in [4.69, 9.17) is 4.74 Å². The van der Waals surface area contributed by atoms with Crippen LogP contribution >= 0.6 is 11.8 Å². The van der Waals surface area contributed by atoms with Crippen LogP contribution in [0.15, 0.2) is 66.3 Å². The molecule has 0 atom stereocenters. The van der Waals surface area contributed by atoms with E-state index >= 15 is 0 Å². The highest BCUT2D eigenvalue weighted by Gasteiger charge is 2.15. The van der Waals surface area contributed by atoms with Crippen LogP contribution < -0.4 is 10.1 Å². The normalized spacial score (nSPS) is 10.6. The Morgan fingerprint density at radius 1 is 1.27 bits per heavy atom. The molecule has 8 heteroatoms. The Morgan fingerprint density at radius 3 is 2.87 bits per heavy atom. The molecule has 0 radical (unpaired) electrons. The van der Waals surface area contributed by atoms with Crippen LogP contribution in [-0.4, -0.2) is 39.6 Å². The number of thioether (sulfide) groups is 1. The molecule has 1 amide bonds. The van der Waals surface area contributed by atoms with Crippen molar-refractivity contribution in [1.29, 1.82) is 0 Å². The number of carbonyl (C=O) groups excluding carboxylic acids is 1. The Bertz CT molecular complexity index is 1020. The molecule has 3 aromatic rings. The van der Waals surface area contributed by atoms with E-state index in [1.165, 1.54) is 23.9 Å². The molecule has 0 fully saturated rings. The Kier molecular flexibility index (Phi) is 7.62. The minimum absolute atomic E-state index is 0.145. The standard InChI is InChI=1S/C22H23FN4O2S/c1-3-11-27-21(17-7-4-6-16(2)13-17)25-26-22(27)30-15-20(28)24-10-12-29-19-9-5-8-18(23)14-19/h3-9,13-14H,1,10-12,15H2,2H3,(H,24,28). The molecule has 0 unspecified atom stereocenters. The van der Waals surface area contributed by atoms with E-state index < -0.39 is 0 Å². The third-order valence-corrected chi connectivity index (χ3v) is 5.09. The molecule has 0 bridgehead atoms. The molecule has 0 saturated carbocycles. The van der Waals surface area contributed by atoms with Crippen molar-refractivity contribution in [1.82, 2.24) is 20.1 Å². The van der Waals surface area contributed by atoms with Gasteiger partial charge in [-0.2, -0.15) is 0 Å². The van der Waals surface area contributed by atoms with Crippen LogP contribution in [0.25, 0.3) is 11.4 Å². The van der Waals surface area contributed by atoms with Gasteiger partial charge in [-0.3, -0.25) is 9.36 Å². The van der Waals surface area contributed by atoms with E-state index in [0.29, 0.717) is 24.0 Å². The molecule has 156 valence electrons. The summed E-state index contributed by atoms with van der Waals surface area (Å²) in [6, 6.07) is 13.9. The van der Waals surface area contributed by atoms with Crippen LogP contribution in [-0.2, 0) is 11.3 Å². The second-order valence-electron chi connectivity index (χ2n) is 6.52. The van der Waals surface area contributed by atoms with Gasteiger partial charge in [-0.05, 0) is 25.1 Å². The second-order valence-corrected chi connectivity index (χ2v) is 7.46. The minimum atomic E-state index is -0.360. The van der Waals surface area contributed by atoms with Gasteiger partial charge in [0.05, 0.1) is 12.3 Å². The third-order valence-electron chi connectivity index (χ3n) is 4.13. The van der Waals surface area contributed by atoms with Crippen LogP contribution in [0.3, 0.4) is 0 Å². The smallest absolute Gasteiger partial charge is 0.230 e. The largest absolute Gasteiger partial charge is 0.492 e. The summed E-state index contributed by atoms with van der Waals surface area (Å²) in [5, 5.41) is 12.0. The zero-order chi connectivity index (χ0) is 21.3. The number of amides is 1. The zero-order valence-corrected chi connectivity index (χ0v) is 17.5. The molecule has 30 heavy (non-hydrogen) atoms. The number of hydrogen-bond donors (Lipinski definition) is 1.